The molecule has 0 heterocycles. The molecule has 0 aliphatic carbocycles. The van der Waals surface area contributed by atoms with E-state index in [0.717, 1.165) is 64.2 Å². The van der Waals surface area contributed by atoms with Crippen LogP contribution < -0.4 is 0 Å². The van der Waals surface area contributed by atoms with E-state index in [4.69, 9.17) is 9.47 Å². The molecule has 0 saturated carbocycles. The third kappa shape index (κ3) is 36.7. The van der Waals surface area contributed by atoms with Crippen LogP contribution in [-0.4, -0.2) is 36.4 Å². The zero-order valence-electron chi connectivity index (χ0n) is 31.5. The van der Waals surface area contributed by atoms with Crippen LogP contribution in [0, 0.1) is 0 Å². The van der Waals surface area contributed by atoms with Crippen molar-refractivity contribution in [2.45, 2.75) is 200 Å². The van der Waals surface area contributed by atoms with Gasteiger partial charge in [-0.2, -0.15) is 0 Å². The topological polar surface area (TPSA) is 72.8 Å². The summed E-state index contributed by atoms with van der Waals surface area (Å²) >= 11 is 0. The molecule has 1 atom stereocenters. The van der Waals surface area contributed by atoms with Gasteiger partial charge in [-0.1, -0.05) is 152 Å². The zero-order chi connectivity index (χ0) is 35.0. The lowest BCUT2D eigenvalue weighted by atomic mass is 10.1. The number of esters is 2. The van der Waals surface area contributed by atoms with Crippen LogP contribution in [-0.2, 0) is 19.1 Å². The molecule has 0 aromatic rings. The normalized spacial score (nSPS) is 12.6. The number of rotatable bonds is 36. The Bertz CT molecular complexity index is 812. The van der Waals surface area contributed by atoms with E-state index >= 15 is 0 Å². The Hall–Kier alpha value is -2.14. The maximum Gasteiger partial charge on any atom is 0.306 e. The number of unbranched alkanes of at least 4 members (excludes halogenated alkanes) is 20. The summed E-state index contributed by atoms with van der Waals surface area (Å²) in [5, 5.41) is 9.56. The third-order valence-electron chi connectivity index (χ3n) is 8.60. The van der Waals surface area contributed by atoms with E-state index in [0.29, 0.717) is 12.8 Å². The Morgan fingerprint density at radius 3 is 1.23 bits per heavy atom. The van der Waals surface area contributed by atoms with Gasteiger partial charge in [-0.3, -0.25) is 9.59 Å². The molecule has 0 aliphatic rings. The fourth-order valence-electron chi connectivity index (χ4n) is 5.50. The molecule has 1 unspecified atom stereocenters. The summed E-state index contributed by atoms with van der Waals surface area (Å²) < 4.78 is 10.6. The van der Waals surface area contributed by atoms with Crippen molar-refractivity contribution in [2.75, 3.05) is 13.2 Å². The number of carbonyl (C=O) groups excluding carboxylic acids is 2. The Morgan fingerprint density at radius 2 is 0.833 bits per heavy atom. The molecule has 48 heavy (non-hydrogen) atoms. The SMILES string of the molecule is CCCCCC/C=C\C/C=C\CCCCCCCCCC(=O)OC(CO)COC(=O)CCCCCCC/C=C\C/C=C\CCCCCC. The first kappa shape index (κ1) is 45.9. The van der Waals surface area contributed by atoms with Gasteiger partial charge in [0.25, 0.3) is 0 Å². The van der Waals surface area contributed by atoms with Crippen molar-refractivity contribution in [1.82, 2.24) is 0 Å². The first-order chi connectivity index (χ1) is 23.6. The van der Waals surface area contributed by atoms with Crippen molar-refractivity contribution in [2.24, 2.45) is 0 Å². The van der Waals surface area contributed by atoms with Crippen LogP contribution in [0.2, 0.25) is 0 Å². The van der Waals surface area contributed by atoms with Crippen LogP contribution >= 0.6 is 0 Å². The molecule has 5 heteroatoms. The largest absolute Gasteiger partial charge is 0.462 e. The fourth-order valence-corrected chi connectivity index (χ4v) is 5.50. The van der Waals surface area contributed by atoms with Crippen molar-refractivity contribution in [3.05, 3.63) is 48.6 Å². The molecule has 0 bridgehead atoms. The standard InChI is InChI=1S/C43H76O5/c1-3-5-7-9-11-13-15-17-19-21-22-24-26-28-30-32-34-36-38-43(46)48-41(39-44)40-47-42(45)37-35-33-31-29-27-25-23-20-18-16-14-12-10-8-6-4-2/h13-16,19-21,23,41,44H,3-12,17-18,22,24-40H2,1-2H3/b15-13-,16-14-,21-19-,23-20-. The number of aliphatic hydroxyl groups excluding tert-OH is 1. The lowest BCUT2D eigenvalue weighted by Gasteiger charge is -2.15. The van der Waals surface area contributed by atoms with Gasteiger partial charge in [0.15, 0.2) is 6.10 Å². The van der Waals surface area contributed by atoms with Gasteiger partial charge in [0, 0.05) is 12.8 Å². The molecule has 0 saturated heterocycles. The predicted octanol–water partition coefficient (Wildman–Crippen LogP) is 12.6. The summed E-state index contributed by atoms with van der Waals surface area (Å²) in [6.07, 6.45) is 48.8. The van der Waals surface area contributed by atoms with Crippen LogP contribution in [0.1, 0.15) is 194 Å². The fraction of sp³-hybridized carbons (Fsp3) is 0.767. The van der Waals surface area contributed by atoms with E-state index in [1.807, 2.05) is 0 Å². The lowest BCUT2D eigenvalue weighted by Crippen LogP contribution is -2.28. The van der Waals surface area contributed by atoms with Crippen LogP contribution in [0.5, 0.6) is 0 Å². The number of hydrogen-bond donors (Lipinski definition) is 1. The van der Waals surface area contributed by atoms with Crippen molar-refractivity contribution in [3.63, 3.8) is 0 Å². The Morgan fingerprint density at radius 1 is 0.479 bits per heavy atom. The third-order valence-corrected chi connectivity index (χ3v) is 8.60. The highest BCUT2D eigenvalue weighted by Gasteiger charge is 2.16. The van der Waals surface area contributed by atoms with Crippen LogP contribution in [0.25, 0.3) is 0 Å². The summed E-state index contributed by atoms with van der Waals surface area (Å²) in [5.41, 5.74) is 0. The molecule has 0 aromatic carbocycles. The van der Waals surface area contributed by atoms with E-state index < -0.39 is 6.10 Å². The second kappa shape index (κ2) is 39.3. The van der Waals surface area contributed by atoms with Gasteiger partial charge in [0.05, 0.1) is 6.61 Å². The lowest BCUT2D eigenvalue weighted by molar-refractivity contribution is -0.161. The maximum absolute atomic E-state index is 12.2. The van der Waals surface area contributed by atoms with Gasteiger partial charge >= 0.3 is 11.9 Å². The molecule has 0 amide bonds. The molecule has 1 N–H and O–H groups in total. The number of ether oxygens (including phenoxy) is 2. The highest BCUT2D eigenvalue weighted by Crippen LogP contribution is 2.12. The second-order valence-electron chi connectivity index (χ2n) is 13.4. The Balaban J connectivity index is 3.60. The number of carbonyl (C=O) groups is 2. The minimum atomic E-state index is -0.781. The Kier molecular flexibility index (Phi) is 37.5. The molecule has 278 valence electrons. The second-order valence-corrected chi connectivity index (χ2v) is 13.4. The van der Waals surface area contributed by atoms with Gasteiger partial charge in [0.1, 0.15) is 6.61 Å². The summed E-state index contributed by atoms with van der Waals surface area (Å²) in [5.74, 6) is -0.616. The highest BCUT2D eigenvalue weighted by atomic mass is 16.6. The van der Waals surface area contributed by atoms with Gasteiger partial charge in [-0.25, -0.2) is 0 Å². The number of allylic oxidation sites excluding steroid dienone is 8. The minimum absolute atomic E-state index is 0.0769. The molecular weight excluding hydrogens is 596 g/mol. The van der Waals surface area contributed by atoms with Gasteiger partial charge in [-0.05, 0) is 77.0 Å². The first-order valence-corrected chi connectivity index (χ1v) is 20.2. The molecular formula is C43H76O5. The average Bonchev–Trinajstić information content (AvgIpc) is 3.09. The smallest absolute Gasteiger partial charge is 0.306 e. The molecule has 5 nitrogen and oxygen atoms in total. The number of aliphatic hydroxyl groups is 1. The van der Waals surface area contributed by atoms with Gasteiger partial charge in [-0.15, -0.1) is 0 Å². The first-order valence-electron chi connectivity index (χ1n) is 20.2. The molecule has 0 spiro atoms. The summed E-state index contributed by atoms with van der Waals surface area (Å²) in [4.78, 5) is 24.3. The molecule has 0 radical (unpaired) electrons. The van der Waals surface area contributed by atoms with E-state index in [1.54, 1.807) is 0 Å². The van der Waals surface area contributed by atoms with Crippen molar-refractivity contribution >= 4 is 11.9 Å². The zero-order valence-corrected chi connectivity index (χ0v) is 31.5. The van der Waals surface area contributed by atoms with E-state index in [1.165, 1.54) is 103 Å². The van der Waals surface area contributed by atoms with E-state index in [9.17, 15) is 14.7 Å². The Labute approximate surface area is 297 Å². The molecule has 0 fully saturated rings. The van der Waals surface area contributed by atoms with Crippen LogP contribution in [0.4, 0.5) is 0 Å². The van der Waals surface area contributed by atoms with Crippen molar-refractivity contribution in [3.8, 4) is 0 Å². The summed E-state index contributed by atoms with van der Waals surface area (Å²) in [6.45, 7) is 4.08. The quantitative estimate of drug-likeness (QED) is 0.0407. The summed E-state index contributed by atoms with van der Waals surface area (Å²) in [6, 6.07) is 0. The van der Waals surface area contributed by atoms with Gasteiger partial charge < -0.3 is 14.6 Å². The summed E-state index contributed by atoms with van der Waals surface area (Å²) in [7, 11) is 0. The van der Waals surface area contributed by atoms with Crippen LogP contribution in [0.3, 0.4) is 0 Å². The van der Waals surface area contributed by atoms with E-state index in [2.05, 4.69) is 62.5 Å². The molecule has 0 aliphatic heterocycles. The van der Waals surface area contributed by atoms with Crippen LogP contribution in [0.15, 0.2) is 48.6 Å². The highest BCUT2D eigenvalue weighted by molar-refractivity contribution is 5.70. The maximum atomic E-state index is 12.2. The number of hydrogen-bond acceptors (Lipinski definition) is 5. The average molecular weight is 673 g/mol. The van der Waals surface area contributed by atoms with Gasteiger partial charge in [0.2, 0.25) is 0 Å². The van der Waals surface area contributed by atoms with E-state index in [-0.39, 0.29) is 25.2 Å². The van der Waals surface area contributed by atoms with Crippen molar-refractivity contribution < 1.29 is 24.2 Å². The monoisotopic (exact) mass is 673 g/mol. The predicted molar refractivity (Wildman–Crippen MR) is 205 cm³/mol. The van der Waals surface area contributed by atoms with Crippen molar-refractivity contribution in [1.29, 1.82) is 0 Å². The molecule has 0 aromatic heterocycles. The molecule has 0 rings (SSSR count). The minimum Gasteiger partial charge on any atom is -0.462 e.